The minimum absolute atomic E-state index is 0.170. The van der Waals surface area contributed by atoms with Gasteiger partial charge in [-0.1, -0.05) is 47.7 Å². The monoisotopic (exact) mass is 321 g/mol. The summed E-state index contributed by atoms with van der Waals surface area (Å²) in [4.78, 5) is 8.60. The molecule has 1 aromatic heterocycles. The van der Waals surface area contributed by atoms with Crippen LogP contribution in [0.15, 0.2) is 54.9 Å². The van der Waals surface area contributed by atoms with Crippen LogP contribution in [-0.4, -0.2) is 16.0 Å². The Morgan fingerprint density at radius 2 is 1.87 bits per heavy atom. The fourth-order valence-electron chi connectivity index (χ4n) is 2.27. The van der Waals surface area contributed by atoms with E-state index in [1.807, 2.05) is 48.5 Å². The van der Waals surface area contributed by atoms with Crippen LogP contribution in [0.25, 0.3) is 10.9 Å². The van der Waals surface area contributed by atoms with Crippen LogP contribution < -0.4 is 5.32 Å². The van der Waals surface area contributed by atoms with Crippen molar-refractivity contribution in [2.24, 2.45) is 0 Å². The van der Waals surface area contributed by atoms with Gasteiger partial charge in [0.1, 0.15) is 12.1 Å². The van der Waals surface area contributed by atoms with Crippen molar-refractivity contribution in [3.05, 3.63) is 65.4 Å². The number of nitrogens with zero attached hydrogens (tertiary/aromatic N) is 2. The summed E-state index contributed by atoms with van der Waals surface area (Å²) in [6.07, 6.45) is 2.27. The SMILES string of the molecule is CC(CC#Cc1ccccc1Cl)Nc1ncnc2ccccc12. The number of hydrogen-bond donors (Lipinski definition) is 1. The smallest absolute Gasteiger partial charge is 0.137 e. The molecule has 0 spiro atoms. The van der Waals surface area contributed by atoms with Crippen molar-refractivity contribution < 1.29 is 0 Å². The van der Waals surface area contributed by atoms with Gasteiger partial charge in [-0.15, -0.1) is 0 Å². The molecule has 4 heteroatoms. The number of benzene rings is 2. The molecule has 3 aromatic rings. The van der Waals surface area contributed by atoms with E-state index in [1.54, 1.807) is 6.33 Å². The average Bonchev–Trinajstić information content (AvgIpc) is 2.57. The van der Waals surface area contributed by atoms with Crippen LogP contribution in [0.3, 0.4) is 0 Å². The Labute approximate surface area is 140 Å². The minimum atomic E-state index is 0.170. The molecule has 23 heavy (non-hydrogen) atoms. The van der Waals surface area contributed by atoms with Gasteiger partial charge >= 0.3 is 0 Å². The summed E-state index contributed by atoms with van der Waals surface area (Å²) in [5, 5.41) is 5.10. The van der Waals surface area contributed by atoms with Crippen molar-refractivity contribution in [3.8, 4) is 11.8 Å². The fraction of sp³-hybridized carbons (Fsp3) is 0.158. The molecule has 1 unspecified atom stereocenters. The van der Waals surface area contributed by atoms with Gasteiger partial charge in [0.2, 0.25) is 0 Å². The first-order valence-corrected chi connectivity index (χ1v) is 7.81. The van der Waals surface area contributed by atoms with Crippen molar-refractivity contribution in [2.45, 2.75) is 19.4 Å². The van der Waals surface area contributed by atoms with Crippen molar-refractivity contribution >= 4 is 28.3 Å². The summed E-state index contributed by atoms with van der Waals surface area (Å²) in [6.45, 7) is 2.08. The Bertz CT molecular complexity index is 875. The zero-order valence-electron chi connectivity index (χ0n) is 12.8. The number of para-hydroxylation sites is 1. The van der Waals surface area contributed by atoms with Crippen LogP contribution in [-0.2, 0) is 0 Å². The van der Waals surface area contributed by atoms with E-state index in [1.165, 1.54) is 0 Å². The fourth-order valence-corrected chi connectivity index (χ4v) is 2.45. The van der Waals surface area contributed by atoms with E-state index in [2.05, 4.69) is 34.0 Å². The molecule has 1 N–H and O–H groups in total. The van der Waals surface area contributed by atoms with Crippen LogP contribution >= 0.6 is 11.6 Å². The van der Waals surface area contributed by atoms with Crippen LogP contribution in [0, 0.1) is 11.8 Å². The first-order valence-electron chi connectivity index (χ1n) is 7.44. The molecule has 0 fully saturated rings. The van der Waals surface area contributed by atoms with Gasteiger partial charge in [-0.25, -0.2) is 9.97 Å². The van der Waals surface area contributed by atoms with E-state index in [-0.39, 0.29) is 6.04 Å². The Kier molecular flexibility index (Phi) is 4.75. The number of rotatable bonds is 3. The Morgan fingerprint density at radius 1 is 1.09 bits per heavy atom. The molecule has 0 radical (unpaired) electrons. The van der Waals surface area contributed by atoms with Crippen LogP contribution in [0.4, 0.5) is 5.82 Å². The van der Waals surface area contributed by atoms with Gasteiger partial charge in [0.25, 0.3) is 0 Å². The topological polar surface area (TPSA) is 37.8 Å². The standard InChI is InChI=1S/C19H16ClN3/c1-14(7-6-9-15-8-2-4-11-17(15)20)23-19-16-10-3-5-12-18(16)21-13-22-19/h2-5,8,10-14H,7H2,1H3,(H,21,22,23). The molecule has 114 valence electrons. The lowest BCUT2D eigenvalue weighted by molar-refractivity contribution is 0.822. The zero-order chi connectivity index (χ0) is 16.1. The summed E-state index contributed by atoms with van der Waals surface area (Å²) < 4.78 is 0. The third-order valence-electron chi connectivity index (χ3n) is 3.43. The quantitative estimate of drug-likeness (QED) is 0.720. The molecule has 0 amide bonds. The molecule has 0 aliphatic rings. The number of hydrogen-bond acceptors (Lipinski definition) is 3. The lowest BCUT2D eigenvalue weighted by Gasteiger charge is -2.13. The zero-order valence-corrected chi connectivity index (χ0v) is 13.5. The molecular formula is C19H16ClN3. The van der Waals surface area contributed by atoms with Gasteiger partial charge in [-0.2, -0.15) is 0 Å². The molecule has 0 aliphatic heterocycles. The lowest BCUT2D eigenvalue weighted by atomic mass is 10.2. The molecule has 3 rings (SSSR count). The Hall–Kier alpha value is -2.57. The minimum Gasteiger partial charge on any atom is -0.366 e. The van der Waals surface area contributed by atoms with Gasteiger partial charge in [0.05, 0.1) is 10.5 Å². The highest BCUT2D eigenvalue weighted by Crippen LogP contribution is 2.19. The summed E-state index contributed by atoms with van der Waals surface area (Å²) in [5.41, 5.74) is 1.79. The van der Waals surface area contributed by atoms with E-state index >= 15 is 0 Å². The first-order chi connectivity index (χ1) is 11.2. The Morgan fingerprint density at radius 3 is 2.74 bits per heavy atom. The molecule has 1 atom stereocenters. The van der Waals surface area contributed by atoms with E-state index in [0.29, 0.717) is 11.4 Å². The largest absolute Gasteiger partial charge is 0.366 e. The van der Waals surface area contributed by atoms with Gasteiger partial charge in [-0.05, 0) is 31.2 Å². The van der Waals surface area contributed by atoms with Gasteiger partial charge in [0, 0.05) is 23.4 Å². The highest BCUT2D eigenvalue weighted by Gasteiger charge is 2.06. The molecule has 2 aromatic carbocycles. The van der Waals surface area contributed by atoms with E-state index < -0.39 is 0 Å². The average molecular weight is 322 g/mol. The highest BCUT2D eigenvalue weighted by atomic mass is 35.5. The van der Waals surface area contributed by atoms with Crippen LogP contribution in [0.5, 0.6) is 0 Å². The lowest BCUT2D eigenvalue weighted by Crippen LogP contribution is -2.15. The second-order valence-electron chi connectivity index (χ2n) is 5.27. The molecule has 0 bridgehead atoms. The number of anilines is 1. The first kappa shape index (κ1) is 15.3. The predicted octanol–water partition coefficient (Wildman–Crippen LogP) is 4.53. The maximum Gasteiger partial charge on any atom is 0.137 e. The van der Waals surface area contributed by atoms with Crippen LogP contribution in [0.2, 0.25) is 5.02 Å². The van der Waals surface area contributed by atoms with Gasteiger partial charge < -0.3 is 5.32 Å². The maximum absolute atomic E-state index is 6.10. The van der Waals surface area contributed by atoms with Gasteiger partial charge in [0.15, 0.2) is 0 Å². The number of aromatic nitrogens is 2. The normalized spacial score (nSPS) is 11.6. The van der Waals surface area contributed by atoms with Crippen LogP contribution in [0.1, 0.15) is 18.9 Å². The van der Waals surface area contributed by atoms with Crippen molar-refractivity contribution in [1.29, 1.82) is 0 Å². The summed E-state index contributed by atoms with van der Waals surface area (Å²) in [7, 11) is 0. The summed E-state index contributed by atoms with van der Waals surface area (Å²) in [6, 6.07) is 15.7. The molecule has 1 heterocycles. The van der Waals surface area contributed by atoms with E-state index in [9.17, 15) is 0 Å². The Balaban J connectivity index is 1.70. The third kappa shape index (κ3) is 3.80. The number of nitrogens with one attached hydrogen (secondary N) is 1. The molecule has 0 aliphatic carbocycles. The van der Waals surface area contributed by atoms with E-state index in [0.717, 1.165) is 22.3 Å². The highest BCUT2D eigenvalue weighted by molar-refractivity contribution is 6.31. The molecule has 0 saturated heterocycles. The number of halogens is 1. The molecule has 0 saturated carbocycles. The van der Waals surface area contributed by atoms with Gasteiger partial charge in [-0.3, -0.25) is 0 Å². The molecular weight excluding hydrogens is 306 g/mol. The second-order valence-corrected chi connectivity index (χ2v) is 5.68. The molecule has 3 nitrogen and oxygen atoms in total. The predicted molar refractivity (Wildman–Crippen MR) is 95.6 cm³/mol. The van der Waals surface area contributed by atoms with E-state index in [4.69, 9.17) is 11.6 Å². The third-order valence-corrected chi connectivity index (χ3v) is 3.76. The van der Waals surface area contributed by atoms with Crippen molar-refractivity contribution in [1.82, 2.24) is 9.97 Å². The number of fused-ring (bicyclic) bond motifs is 1. The summed E-state index contributed by atoms with van der Waals surface area (Å²) in [5.74, 6) is 7.12. The van der Waals surface area contributed by atoms with Crippen molar-refractivity contribution in [3.63, 3.8) is 0 Å². The second kappa shape index (κ2) is 7.13. The summed E-state index contributed by atoms with van der Waals surface area (Å²) >= 11 is 6.10. The van der Waals surface area contributed by atoms with Crippen molar-refractivity contribution in [2.75, 3.05) is 5.32 Å². The maximum atomic E-state index is 6.10.